The van der Waals surface area contributed by atoms with Crippen LogP contribution in [0.25, 0.3) is 0 Å². The summed E-state index contributed by atoms with van der Waals surface area (Å²) in [7, 11) is -3.70. The molecule has 0 aliphatic heterocycles. The molecule has 0 bridgehead atoms. The number of alkyl halides is 3. The number of hydrogen-bond acceptors (Lipinski definition) is 4. The van der Waals surface area contributed by atoms with E-state index in [-0.39, 0.29) is 23.5 Å². The maximum atomic E-state index is 12.1. The fraction of sp³-hybridized carbons (Fsp3) is 0.188. The number of halogens is 3. The maximum Gasteiger partial charge on any atom is 0.573 e. The minimum Gasteiger partial charge on any atom is -0.406 e. The van der Waals surface area contributed by atoms with Gasteiger partial charge in [0, 0.05) is 18.7 Å². The van der Waals surface area contributed by atoms with E-state index in [1.807, 2.05) is 0 Å². The second-order valence-electron chi connectivity index (χ2n) is 5.08. The van der Waals surface area contributed by atoms with Gasteiger partial charge >= 0.3 is 6.36 Å². The van der Waals surface area contributed by atoms with Crippen LogP contribution in [-0.2, 0) is 14.8 Å². The van der Waals surface area contributed by atoms with Crippen LogP contribution in [0.4, 0.5) is 18.9 Å². The number of anilines is 1. The van der Waals surface area contributed by atoms with Crippen molar-refractivity contribution in [2.45, 2.75) is 17.7 Å². The Morgan fingerprint density at radius 2 is 1.62 bits per heavy atom. The van der Waals surface area contributed by atoms with E-state index in [0.29, 0.717) is 0 Å². The molecule has 26 heavy (non-hydrogen) atoms. The van der Waals surface area contributed by atoms with Gasteiger partial charge in [0.2, 0.25) is 15.9 Å². The first-order valence-electron chi connectivity index (χ1n) is 7.36. The molecule has 0 saturated carbocycles. The van der Waals surface area contributed by atoms with Gasteiger partial charge in [0.15, 0.2) is 0 Å². The number of ether oxygens (including phenoxy) is 1. The highest BCUT2D eigenvalue weighted by molar-refractivity contribution is 7.89. The molecule has 1 amide bonds. The summed E-state index contributed by atoms with van der Waals surface area (Å²) in [5.74, 6) is -0.906. The van der Waals surface area contributed by atoms with Gasteiger partial charge in [-0.15, -0.1) is 13.2 Å². The average Bonchev–Trinajstić information content (AvgIpc) is 2.56. The molecule has 2 aromatic rings. The minimum absolute atomic E-state index is 0.0839. The number of amides is 1. The molecular weight excluding hydrogens is 373 g/mol. The lowest BCUT2D eigenvalue weighted by molar-refractivity contribution is -0.274. The predicted molar refractivity (Wildman–Crippen MR) is 88.0 cm³/mol. The van der Waals surface area contributed by atoms with E-state index in [1.54, 1.807) is 18.2 Å². The Bertz CT molecular complexity index is 838. The Hall–Kier alpha value is -2.59. The largest absolute Gasteiger partial charge is 0.573 e. The third-order valence-electron chi connectivity index (χ3n) is 3.07. The van der Waals surface area contributed by atoms with E-state index in [0.717, 1.165) is 12.1 Å². The van der Waals surface area contributed by atoms with Gasteiger partial charge in [0.1, 0.15) is 5.75 Å². The SMILES string of the molecule is O=C(CCNS(=O)(=O)c1ccccc1)Nc1ccc(OC(F)(F)F)cc1. The molecule has 0 aliphatic carbocycles. The third-order valence-corrected chi connectivity index (χ3v) is 4.55. The summed E-state index contributed by atoms with van der Waals surface area (Å²) in [5, 5.41) is 2.45. The molecule has 0 saturated heterocycles. The number of nitrogens with one attached hydrogen (secondary N) is 2. The van der Waals surface area contributed by atoms with Crippen molar-refractivity contribution in [2.24, 2.45) is 0 Å². The highest BCUT2D eigenvalue weighted by Crippen LogP contribution is 2.23. The van der Waals surface area contributed by atoms with Crippen LogP contribution in [-0.4, -0.2) is 27.2 Å². The lowest BCUT2D eigenvalue weighted by Gasteiger charge is -2.10. The highest BCUT2D eigenvalue weighted by Gasteiger charge is 2.30. The molecule has 0 fully saturated rings. The summed E-state index contributed by atoms with van der Waals surface area (Å²) in [6.07, 6.45) is -4.94. The fourth-order valence-electron chi connectivity index (χ4n) is 1.95. The molecular formula is C16H15F3N2O4S. The Morgan fingerprint density at radius 3 is 2.19 bits per heavy atom. The van der Waals surface area contributed by atoms with Gasteiger partial charge in [-0.1, -0.05) is 18.2 Å². The third kappa shape index (κ3) is 6.37. The topological polar surface area (TPSA) is 84.5 Å². The average molecular weight is 388 g/mol. The maximum absolute atomic E-state index is 12.1. The first-order valence-corrected chi connectivity index (χ1v) is 8.84. The van der Waals surface area contributed by atoms with E-state index < -0.39 is 28.0 Å². The first-order chi connectivity index (χ1) is 12.2. The molecule has 0 spiro atoms. The number of carbonyl (C=O) groups excluding carboxylic acids is 1. The monoisotopic (exact) mass is 388 g/mol. The zero-order valence-electron chi connectivity index (χ0n) is 13.3. The molecule has 10 heteroatoms. The number of sulfonamides is 1. The molecule has 0 radical (unpaired) electrons. The van der Waals surface area contributed by atoms with Crippen molar-refractivity contribution in [1.29, 1.82) is 0 Å². The molecule has 0 unspecified atom stereocenters. The zero-order valence-corrected chi connectivity index (χ0v) is 14.1. The van der Waals surface area contributed by atoms with Crippen molar-refractivity contribution < 1.29 is 31.1 Å². The van der Waals surface area contributed by atoms with E-state index in [1.165, 1.54) is 24.3 Å². The van der Waals surface area contributed by atoms with Gasteiger partial charge in [-0.05, 0) is 36.4 Å². The Balaban J connectivity index is 1.82. The Kier molecular flexibility index (Phi) is 6.22. The molecule has 6 nitrogen and oxygen atoms in total. The van der Waals surface area contributed by atoms with Gasteiger partial charge in [-0.25, -0.2) is 13.1 Å². The van der Waals surface area contributed by atoms with E-state index >= 15 is 0 Å². The summed E-state index contributed by atoms with van der Waals surface area (Å²) < 4.78 is 66.1. The first kappa shape index (κ1) is 19.7. The summed E-state index contributed by atoms with van der Waals surface area (Å²) in [5.41, 5.74) is 0.260. The van der Waals surface area contributed by atoms with Crippen molar-refractivity contribution in [3.05, 3.63) is 54.6 Å². The van der Waals surface area contributed by atoms with Gasteiger partial charge < -0.3 is 10.1 Å². The molecule has 2 rings (SSSR count). The highest BCUT2D eigenvalue weighted by atomic mass is 32.2. The fourth-order valence-corrected chi connectivity index (χ4v) is 3.00. The van der Waals surface area contributed by atoms with E-state index in [4.69, 9.17) is 0 Å². The van der Waals surface area contributed by atoms with Crippen LogP contribution >= 0.6 is 0 Å². The molecule has 2 N–H and O–H groups in total. The summed E-state index contributed by atoms with van der Waals surface area (Å²) in [6.45, 7) is -0.127. The molecule has 0 aromatic heterocycles. The lowest BCUT2D eigenvalue weighted by atomic mass is 10.3. The Labute approximate surface area is 148 Å². The van der Waals surface area contributed by atoms with Crippen LogP contribution in [0.1, 0.15) is 6.42 Å². The zero-order chi connectivity index (χ0) is 19.2. The molecule has 2 aromatic carbocycles. The van der Waals surface area contributed by atoms with Crippen molar-refractivity contribution in [2.75, 3.05) is 11.9 Å². The van der Waals surface area contributed by atoms with Crippen molar-refractivity contribution in [3.8, 4) is 5.75 Å². The number of carbonyl (C=O) groups is 1. The van der Waals surface area contributed by atoms with Gasteiger partial charge in [0.25, 0.3) is 0 Å². The van der Waals surface area contributed by atoms with Crippen molar-refractivity contribution >= 4 is 21.6 Å². The van der Waals surface area contributed by atoms with Crippen molar-refractivity contribution in [3.63, 3.8) is 0 Å². The summed E-state index contributed by atoms with van der Waals surface area (Å²) in [6, 6.07) is 12.3. The van der Waals surface area contributed by atoms with Gasteiger partial charge in [-0.2, -0.15) is 0 Å². The number of hydrogen-bond donors (Lipinski definition) is 2. The number of rotatable bonds is 7. The number of benzene rings is 2. The molecule has 0 aliphatic rings. The van der Waals surface area contributed by atoms with Gasteiger partial charge in [-0.3, -0.25) is 4.79 Å². The molecule has 140 valence electrons. The van der Waals surface area contributed by atoms with Crippen LogP contribution < -0.4 is 14.8 Å². The second kappa shape index (κ2) is 8.19. The van der Waals surface area contributed by atoms with Crippen molar-refractivity contribution in [1.82, 2.24) is 4.72 Å². The molecule has 0 atom stereocenters. The van der Waals surface area contributed by atoms with E-state index in [9.17, 15) is 26.4 Å². The van der Waals surface area contributed by atoms with Crippen LogP contribution in [0.3, 0.4) is 0 Å². The molecule has 0 heterocycles. The van der Waals surface area contributed by atoms with Crippen LogP contribution in [0.5, 0.6) is 5.75 Å². The smallest absolute Gasteiger partial charge is 0.406 e. The quantitative estimate of drug-likeness (QED) is 0.764. The van der Waals surface area contributed by atoms with Crippen LogP contribution in [0.15, 0.2) is 59.5 Å². The predicted octanol–water partition coefficient (Wildman–Crippen LogP) is 2.89. The van der Waals surface area contributed by atoms with E-state index in [2.05, 4.69) is 14.8 Å². The standard InChI is InChI=1S/C16H15F3N2O4S/c17-16(18,19)25-13-8-6-12(7-9-13)21-15(22)10-11-20-26(23,24)14-4-2-1-3-5-14/h1-9,20H,10-11H2,(H,21,22). The van der Waals surface area contributed by atoms with Crippen LogP contribution in [0, 0.1) is 0 Å². The normalized spacial score (nSPS) is 11.8. The summed E-state index contributed by atoms with van der Waals surface area (Å²) >= 11 is 0. The van der Waals surface area contributed by atoms with Crippen LogP contribution in [0.2, 0.25) is 0 Å². The second-order valence-corrected chi connectivity index (χ2v) is 6.85. The Morgan fingerprint density at radius 1 is 1.00 bits per heavy atom. The lowest BCUT2D eigenvalue weighted by Crippen LogP contribution is -2.27. The summed E-state index contributed by atoms with van der Waals surface area (Å²) in [4.78, 5) is 11.9. The minimum atomic E-state index is -4.79. The van der Waals surface area contributed by atoms with Gasteiger partial charge in [0.05, 0.1) is 4.90 Å².